The van der Waals surface area contributed by atoms with E-state index in [-0.39, 0.29) is 5.60 Å². The van der Waals surface area contributed by atoms with Crippen LogP contribution in [0.15, 0.2) is 21.7 Å². The first kappa shape index (κ1) is 15.3. The van der Waals surface area contributed by atoms with E-state index in [2.05, 4.69) is 11.2 Å². The highest BCUT2D eigenvalue weighted by molar-refractivity contribution is 5.84. The number of hydrogen-bond donors (Lipinski definition) is 1. The van der Waals surface area contributed by atoms with E-state index in [1.165, 1.54) is 55.0 Å². The predicted molar refractivity (Wildman–Crippen MR) is 95.0 cm³/mol. The molecule has 3 aliphatic rings. The first-order chi connectivity index (χ1) is 12.3. The van der Waals surface area contributed by atoms with Gasteiger partial charge in [-0.25, -0.2) is 0 Å². The van der Waals surface area contributed by atoms with Gasteiger partial charge in [0.2, 0.25) is 0 Å². The summed E-state index contributed by atoms with van der Waals surface area (Å²) in [6, 6.07) is 4.32. The summed E-state index contributed by atoms with van der Waals surface area (Å²) in [5.41, 5.74) is 4.91. The Morgan fingerprint density at radius 3 is 2.48 bits per heavy atom. The number of nitrogens with zero attached hydrogens (tertiary/aromatic N) is 1. The van der Waals surface area contributed by atoms with Gasteiger partial charge in [0.15, 0.2) is 0 Å². The van der Waals surface area contributed by atoms with Crippen molar-refractivity contribution >= 4 is 11.0 Å². The molecule has 2 aromatic rings. The third-order valence-electron chi connectivity index (χ3n) is 6.45. The highest BCUT2D eigenvalue weighted by Crippen LogP contribution is 2.43. The van der Waals surface area contributed by atoms with Crippen LogP contribution in [0.1, 0.15) is 68.1 Å². The lowest BCUT2D eigenvalue weighted by atomic mass is 9.78. The molecule has 1 N–H and O–H groups in total. The Morgan fingerprint density at radius 1 is 0.880 bits per heavy atom. The lowest BCUT2D eigenvalue weighted by molar-refractivity contribution is 0.0109. The Balaban J connectivity index is 1.65. The lowest BCUT2D eigenvalue weighted by Gasteiger charge is -2.41. The Labute approximate surface area is 147 Å². The number of benzene rings is 1. The van der Waals surface area contributed by atoms with Crippen LogP contribution in [0.25, 0.3) is 11.0 Å². The topological polar surface area (TPSA) is 55.0 Å². The van der Waals surface area contributed by atoms with E-state index in [9.17, 15) is 5.21 Å². The second-order valence-electron chi connectivity index (χ2n) is 7.97. The van der Waals surface area contributed by atoms with Crippen LogP contribution in [-0.2, 0) is 19.3 Å². The quantitative estimate of drug-likeness (QED) is 0.562. The minimum atomic E-state index is 0.0390. The zero-order chi connectivity index (χ0) is 16.9. The molecule has 1 saturated carbocycles. The summed E-state index contributed by atoms with van der Waals surface area (Å²) in [5.74, 6) is 0.976. The van der Waals surface area contributed by atoms with Crippen molar-refractivity contribution in [2.75, 3.05) is 0 Å². The third-order valence-corrected chi connectivity index (χ3v) is 6.45. The molecule has 1 aromatic carbocycles. The van der Waals surface area contributed by atoms with Gasteiger partial charge < -0.3 is 14.4 Å². The molecular weight excluding hydrogens is 314 g/mol. The molecule has 25 heavy (non-hydrogen) atoms. The van der Waals surface area contributed by atoms with Gasteiger partial charge in [0, 0.05) is 17.0 Å². The summed E-state index contributed by atoms with van der Waals surface area (Å²) < 4.78 is 12.5. The zero-order valence-corrected chi connectivity index (χ0v) is 14.6. The van der Waals surface area contributed by atoms with Crippen LogP contribution in [0.5, 0.6) is 5.75 Å². The Kier molecular flexibility index (Phi) is 3.54. The summed E-state index contributed by atoms with van der Waals surface area (Å²) in [7, 11) is 0. The second-order valence-corrected chi connectivity index (χ2v) is 7.97. The minimum absolute atomic E-state index is 0.0390. The van der Waals surface area contributed by atoms with Crippen LogP contribution in [0.2, 0.25) is 0 Å². The number of fused-ring (bicyclic) bond motifs is 4. The van der Waals surface area contributed by atoms with Gasteiger partial charge in [-0.2, -0.15) is 0 Å². The molecule has 0 atom stereocenters. The molecule has 2 aliphatic carbocycles. The Bertz CT molecular complexity index is 890. The van der Waals surface area contributed by atoms with Crippen molar-refractivity contribution in [2.24, 2.45) is 5.16 Å². The van der Waals surface area contributed by atoms with Gasteiger partial charge in [0.05, 0.1) is 0 Å². The molecule has 1 fully saturated rings. The smallest absolute Gasteiger partial charge is 0.259 e. The molecule has 0 amide bonds. The number of rotatable bonds is 0. The van der Waals surface area contributed by atoms with E-state index in [4.69, 9.17) is 9.15 Å². The Morgan fingerprint density at radius 2 is 1.68 bits per heavy atom. The van der Waals surface area contributed by atoms with Gasteiger partial charge in [0.1, 0.15) is 16.9 Å². The second kappa shape index (κ2) is 5.79. The van der Waals surface area contributed by atoms with Crippen molar-refractivity contribution in [3.8, 4) is 5.75 Å². The molecule has 5 rings (SSSR count). The maximum Gasteiger partial charge on any atom is 0.259 e. The molecule has 0 saturated heterocycles. The van der Waals surface area contributed by atoms with Crippen LogP contribution in [0, 0.1) is 0 Å². The molecule has 1 aromatic heterocycles. The average Bonchev–Trinajstić information content (AvgIpc) is 2.66. The molecule has 4 heteroatoms. The predicted octanol–water partition coefficient (Wildman–Crippen LogP) is 4.63. The van der Waals surface area contributed by atoms with Crippen LogP contribution in [0.3, 0.4) is 0 Å². The summed E-state index contributed by atoms with van der Waals surface area (Å²) in [5, 5.41) is 14.0. The fraction of sp³-hybridized carbons (Fsp3) is 0.571. The maximum absolute atomic E-state index is 9.39. The first-order valence-corrected chi connectivity index (χ1v) is 9.77. The van der Waals surface area contributed by atoms with Crippen molar-refractivity contribution in [1.82, 2.24) is 0 Å². The Hall–Kier alpha value is -1.97. The van der Waals surface area contributed by atoms with Crippen molar-refractivity contribution in [2.45, 2.75) is 76.2 Å². The van der Waals surface area contributed by atoms with Crippen LogP contribution >= 0.6 is 0 Å². The highest BCUT2D eigenvalue weighted by Gasteiger charge is 2.37. The van der Waals surface area contributed by atoms with E-state index < -0.39 is 0 Å². The molecular formula is C21H25NO3. The molecule has 0 bridgehead atoms. The van der Waals surface area contributed by atoms with Crippen LogP contribution in [-0.4, -0.2) is 10.8 Å². The molecule has 2 heterocycles. The van der Waals surface area contributed by atoms with Crippen LogP contribution < -0.4 is 10.3 Å². The van der Waals surface area contributed by atoms with Gasteiger partial charge >= 0.3 is 0 Å². The van der Waals surface area contributed by atoms with Gasteiger partial charge in [-0.3, -0.25) is 0 Å². The lowest BCUT2D eigenvalue weighted by Crippen LogP contribution is -2.41. The van der Waals surface area contributed by atoms with Crippen molar-refractivity contribution < 1.29 is 14.4 Å². The first-order valence-electron chi connectivity index (χ1n) is 9.77. The minimum Gasteiger partial charge on any atom is -0.487 e. The summed E-state index contributed by atoms with van der Waals surface area (Å²) >= 11 is 0. The van der Waals surface area contributed by atoms with Crippen molar-refractivity contribution in [1.29, 1.82) is 0 Å². The average molecular weight is 339 g/mol. The molecule has 1 aliphatic heterocycles. The highest BCUT2D eigenvalue weighted by atomic mass is 16.5. The fourth-order valence-corrected chi connectivity index (χ4v) is 5.10. The summed E-state index contributed by atoms with van der Waals surface area (Å²) in [6.07, 6.45) is 12.7. The van der Waals surface area contributed by atoms with E-state index in [0.29, 0.717) is 5.55 Å². The number of aryl methyl sites for hydroxylation is 2. The maximum atomic E-state index is 9.39. The molecule has 132 valence electrons. The van der Waals surface area contributed by atoms with Crippen molar-refractivity contribution in [3.05, 3.63) is 34.4 Å². The van der Waals surface area contributed by atoms with E-state index in [1.807, 2.05) is 6.07 Å². The molecule has 4 nitrogen and oxygen atoms in total. The normalized spacial score (nSPS) is 22.5. The monoisotopic (exact) mass is 339 g/mol. The van der Waals surface area contributed by atoms with E-state index >= 15 is 0 Å². The number of ether oxygens (including phenoxy) is 1. The van der Waals surface area contributed by atoms with Crippen molar-refractivity contribution in [3.63, 3.8) is 0 Å². The molecule has 1 spiro atoms. The van der Waals surface area contributed by atoms with Crippen LogP contribution in [0.4, 0.5) is 0 Å². The largest absolute Gasteiger partial charge is 0.487 e. The number of hydrogen-bond acceptors (Lipinski definition) is 4. The van der Waals surface area contributed by atoms with E-state index in [0.717, 1.165) is 49.0 Å². The standard InChI is InChI=1S/C21H25NO3/c23-22-20-16-7-3-2-6-15(16)17-12-14-8-11-21(9-4-1-5-10-21)25-18(14)13-19(17)24-20/h12-13,23H,1-11H2. The van der Waals surface area contributed by atoms with Gasteiger partial charge in [0.25, 0.3) is 5.55 Å². The summed E-state index contributed by atoms with van der Waals surface area (Å²) in [4.78, 5) is 0. The SMILES string of the molecule is ON=c1oc2cc3c(cc2c2c1CCCC2)CCC1(CCCCC1)O3. The third kappa shape index (κ3) is 2.45. The zero-order valence-electron chi connectivity index (χ0n) is 14.6. The van der Waals surface area contributed by atoms with E-state index in [1.54, 1.807) is 0 Å². The fourth-order valence-electron chi connectivity index (χ4n) is 5.10. The summed E-state index contributed by atoms with van der Waals surface area (Å²) in [6.45, 7) is 0. The van der Waals surface area contributed by atoms with Gasteiger partial charge in [-0.1, -0.05) is 6.42 Å². The molecule has 0 unspecified atom stereocenters. The van der Waals surface area contributed by atoms with Gasteiger partial charge in [-0.05, 0) is 86.6 Å². The molecule has 0 radical (unpaired) electrons. The van der Waals surface area contributed by atoms with Gasteiger partial charge in [-0.15, -0.1) is 0 Å².